The van der Waals surface area contributed by atoms with E-state index in [0.717, 1.165) is 16.8 Å². The summed E-state index contributed by atoms with van der Waals surface area (Å²) in [5, 5.41) is 40.8. The Hall–Kier alpha value is -4.80. The molecule has 3 N–H and O–H groups in total. The third-order valence-electron chi connectivity index (χ3n) is 6.88. The summed E-state index contributed by atoms with van der Waals surface area (Å²) in [5.41, 5.74) is 4.89. The number of aromatic nitrogens is 2. The van der Waals surface area contributed by atoms with Crippen LogP contribution in [0.3, 0.4) is 0 Å². The number of hydrogen-bond donors (Lipinski definition) is 3. The molecular formula is C31H35N7O3. The molecule has 0 amide bonds. The monoisotopic (exact) mass is 553 g/mol. The number of fused-ring (bicyclic) bond motifs is 1. The van der Waals surface area contributed by atoms with Crippen LogP contribution in [0.5, 0.6) is 0 Å². The van der Waals surface area contributed by atoms with E-state index >= 15 is 0 Å². The Bertz CT molecular complexity index is 1580. The number of ether oxygens (including phenoxy) is 1. The standard InChI is InChI=1S/C31H35N7O3/c1-19-25(16-32)28(26(17-33)20(2)35-19)22-9-12-27-24(15-22)29(36-38(27)30(40)41-31(3,4)5)34-18-21-7-10-23(11-8-21)37(6)13-14-39/h7-12,15,28,35,39H,13-14,18H2,1-6H3,(H,34,36). The normalized spacial score (nSPS) is 14.0. The van der Waals surface area contributed by atoms with Crippen molar-refractivity contribution in [1.29, 1.82) is 10.5 Å². The van der Waals surface area contributed by atoms with Gasteiger partial charge < -0.3 is 25.4 Å². The lowest BCUT2D eigenvalue weighted by atomic mass is 9.81. The molecule has 3 aromatic rings. The second-order valence-corrected chi connectivity index (χ2v) is 11.0. The van der Waals surface area contributed by atoms with Crippen LogP contribution in [0.1, 0.15) is 51.7 Å². The largest absolute Gasteiger partial charge is 0.442 e. The highest BCUT2D eigenvalue weighted by atomic mass is 16.6. The summed E-state index contributed by atoms with van der Waals surface area (Å²) in [6.07, 6.45) is -0.608. The topological polar surface area (TPSA) is 139 Å². The molecule has 2 aromatic carbocycles. The zero-order chi connectivity index (χ0) is 29.9. The Balaban J connectivity index is 1.76. The van der Waals surface area contributed by atoms with Gasteiger partial charge in [0.2, 0.25) is 0 Å². The Labute approximate surface area is 240 Å². The number of nitriles is 2. The molecule has 0 aliphatic carbocycles. The van der Waals surface area contributed by atoms with Crippen molar-refractivity contribution >= 4 is 28.5 Å². The number of nitrogens with one attached hydrogen (secondary N) is 2. The molecule has 0 fully saturated rings. The van der Waals surface area contributed by atoms with Crippen LogP contribution in [-0.4, -0.2) is 46.8 Å². The van der Waals surface area contributed by atoms with Crippen LogP contribution in [0, 0.1) is 22.7 Å². The first-order valence-corrected chi connectivity index (χ1v) is 13.4. The number of hydrogen-bond acceptors (Lipinski definition) is 9. The van der Waals surface area contributed by atoms with Crippen LogP contribution in [-0.2, 0) is 11.3 Å². The molecule has 212 valence electrons. The van der Waals surface area contributed by atoms with Gasteiger partial charge in [0.15, 0.2) is 5.82 Å². The number of anilines is 2. The van der Waals surface area contributed by atoms with Crippen LogP contribution in [0.25, 0.3) is 10.9 Å². The number of benzene rings is 2. The fourth-order valence-corrected chi connectivity index (χ4v) is 4.85. The number of aliphatic hydroxyl groups is 1. The first kappa shape index (κ1) is 29.2. The molecule has 0 atom stereocenters. The molecule has 1 aliphatic rings. The fourth-order valence-electron chi connectivity index (χ4n) is 4.85. The number of carbonyl (C=O) groups excluding carboxylic acids is 1. The molecule has 10 heteroatoms. The van der Waals surface area contributed by atoms with E-state index in [1.54, 1.807) is 26.8 Å². The summed E-state index contributed by atoms with van der Waals surface area (Å²) in [7, 11) is 1.92. The maximum Gasteiger partial charge on any atom is 0.435 e. The van der Waals surface area contributed by atoms with E-state index in [2.05, 4.69) is 27.9 Å². The predicted octanol–water partition coefficient (Wildman–Crippen LogP) is 5.14. The maximum absolute atomic E-state index is 13.1. The summed E-state index contributed by atoms with van der Waals surface area (Å²) >= 11 is 0. The molecule has 1 aromatic heterocycles. The number of allylic oxidation sites excluding steroid dienone is 4. The summed E-state index contributed by atoms with van der Waals surface area (Å²) < 4.78 is 6.85. The van der Waals surface area contributed by atoms with Gasteiger partial charge in [-0.15, -0.1) is 5.10 Å². The minimum absolute atomic E-state index is 0.0724. The summed E-state index contributed by atoms with van der Waals surface area (Å²) in [6, 6.07) is 18.0. The van der Waals surface area contributed by atoms with Crippen LogP contribution in [0.15, 0.2) is 65.0 Å². The lowest BCUT2D eigenvalue weighted by molar-refractivity contribution is 0.0523. The highest BCUT2D eigenvalue weighted by Crippen LogP contribution is 2.39. The van der Waals surface area contributed by atoms with Crippen LogP contribution < -0.4 is 15.5 Å². The zero-order valence-electron chi connectivity index (χ0n) is 24.2. The van der Waals surface area contributed by atoms with Crippen molar-refractivity contribution in [3.63, 3.8) is 0 Å². The van der Waals surface area contributed by atoms with E-state index in [-0.39, 0.29) is 6.61 Å². The second-order valence-electron chi connectivity index (χ2n) is 11.0. The van der Waals surface area contributed by atoms with Crippen molar-refractivity contribution < 1.29 is 14.6 Å². The van der Waals surface area contributed by atoms with Crippen molar-refractivity contribution in [2.24, 2.45) is 0 Å². The molecule has 0 spiro atoms. The maximum atomic E-state index is 13.1. The van der Waals surface area contributed by atoms with Crippen molar-refractivity contribution in [2.75, 3.05) is 30.4 Å². The average molecular weight is 554 g/mol. The number of carbonyl (C=O) groups is 1. The van der Waals surface area contributed by atoms with Gasteiger partial charge in [0.1, 0.15) is 5.60 Å². The molecule has 0 saturated carbocycles. The summed E-state index contributed by atoms with van der Waals surface area (Å²) in [6.45, 7) is 10.1. The minimum atomic E-state index is -0.711. The summed E-state index contributed by atoms with van der Waals surface area (Å²) in [4.78, 5) is 15.1. The van der Waals surface area contributed by atoms with Gasteiger partial charge in [0.25, 0.3) is 0 Å². The van der Waals surface area contributed by atoms with Gasteiger partial charge >= 0.3 is 6.09 Å². The zero-order valence-corrected chi connectivity index (χ0v) is 24.2. The van der Waals surface area contributed by atoms with Crippen LogP contribution in [0.4, 0.5) is 16.3 Å². The average Bonchev–Trinajstić information content (AvgIpc) is 3.29. The van der Waals surface area contributed by atoms with Gasteiger partial charge in [-0.1, -0.05) is 18.2 Å². The highest BCUT2D eigenvalue weighted by Gasteiger charge is 2.30. The van der Waals surface area contributed by atoms with Gasteiger partial charge in [0.05, 0.1) is 41.3 Å². The van der Waals surface area contributed by atoms with Crippen LogP contribution >= 0.6 is 0 Å². The molecule has 0 radical (unpaired) electrons. The van der Waals surface area contributed by atoms with Crippen molar-refractivity contribution in [2.45, 2.75) is 52.7 Å². The molecule has 1 aliphatic heterocycles. The lowest BCUT2D eigenvalue weighted by Gasteiger charge is -2.26. The molecule has 10 nitrogen and oxygen atoms in total. The third-order valence-corrected chi connectivity index (χ3v) is 6.88. The van der Waals surface area contributed by atoms with Gasteiger partial charge in [-0.25, -0.2) is 4.79 Å². The molecule has 4 rings (SSSR count). The Morgan fingerprint density at radius 2 is 1.76 bits per heavy atom. The number of aliphatic hydroxyl groups excluding tert-OH is 1. The van der Waals surface area contributed by atoms with Crippen molar-refractivity contribution in [1.82, 2.24) is 15.1 Å². The number of nitrogens with zero attached hydrogens (tertiary/aromatic N) is 5. The highest BCUT2D eigenvalue weighted by molar-refractivity contribution is 5.96. The van der Waals surface area contributed by atoms with E-state index in [0.29, 0.717) is 52.4 Å². The van der Waals surface area contributed by atoms with Gasteiger partial charge in [-0.2, -0.15) is 15.2 Å². The van der Waals surface area contributed by atoms with Crippen molar-refractivity contribution in [3.8, 4) is 12.1 Å². The van der Waals surface area contributed by atoms with Crippen LogP contribution in [0.2, 0.25) is 0 Å². The SMILES string of the molecule is CC1=C(C#N)C(c2ccc3c(c2)c(NCc2ccc(N(C)CCO)cc2)nn3C(=O)OC(C)(C)C)C(C#N)=C(C)N1. The molecular weight excluding hydrogens is 518 g/mol. The number of likely N-dealkylation sites (N-methyl/N-ethyl adjacent to an activating group) is 1. The Kier molecular flexibility index (Phi) is 8.36. The van der Waals surface area contributed by atoms with E-state index in [9.17, 15) is 20.4 Å². The van der Waals surface area contributed by atoms with Gasteiger partial charge in [-0.05, 0) is 70.0 Å². The van der Waals surface area contributed by atoms with E-state index in [4.69, 9.17) is 4.74 Å². The summed E-state index contributed by atoms with van der Waals surface area (Å²) in [5.74, 6) is -0.0710. The first-order chi connectivity index (χ1) is 19.5. The number of rotatable bonds is 7. The molecule has 41 heavy (non-hydrogen) atoms. The molecule has 0 saturated heterocycles. The quantitative estimate of drug-likeness (QED) is 0.363. The van der Waals surface area contributed by atoms with Gasteiger partial charge in [0, 0.05) is 42.6 Å². The third kappa shape index (κ3) is 6.19. The molecule has 0 bridgehead atoms. The van der Waals surface area contributed by atoms with Gasteiger partial charge in [-0.3, -0.25) is 0 Å². The lowest BCUT2D eigenvalue weighted by Crippen LogP contribution is -2.27. The number of dihydropyridines is 1. The van der Waals surface area contributed by atoms with Crippen molar-refractivity contribution in [3.05, 3.63) is 76.1 Å². The fraction of sp³-hybridized carbons (Fsp3) is 0.355. The molecule has 0 unspecified atom stereocenters. The second kappa shape index (κ2) is 11.7. The Morgan fingerprint density at radius 3 is 2.32 bits per heavy atom. The minimum Gasteiger partial charge on any atom is -0.442 e. The van der Waals surface area contributed by atoms with E-state index in [1.807, 2.05) is 62.2 Å². The Morgan fingerprint density at radius 1 is 1.12 bits per heavy atom. The predicted molar refractivity (Wildman–Crippen MR) is 158 cm³/mol. The first-order valence-electron chi connectivity index (χ1n) is 13.4. The van der Waals surface area contributed by atoms with E-state index in [1.165, 1.54) is 4.68 Å². The van der Waals surface area contributed by atoms with E-state index < -0.39 is 17.6 Å². The smallest absolute Gasteiger partial charge is 0.435 e. The molecule has 2 heterocycles.